The van der Waals surface area contributed by atoms with Gasteiger partial charge in [0.1, 0.15) is 6.73 Å². The fourth-order valence-corrected chi connectivity index (χ4v) is 0. The van der Waals surface area contributed by atoms with Crippen molar-refractivity contribution in [2.45, 2.75) is 0 Å². The molecule has 0 amide bonds. The van der Waals surface area contributed by atoms with Gasteiger partial charge in [-0.25, -0.2) is 5.90 Å². The molecule has 0 aliphatic heterocycles. The average molecular weight is 62.1 g/mol. The van der Waals surface area contributed by atoms with Gasteiger partial charge in [-0.05, 0) is 0 Å². The molecule has 26 valence electrons. The summed E-state index contributed by atoms with van der Waals surface area (Å²) in [7, 11) is 0. The third-order valence-electron chi connectivity index (χ3n) is 0.0962. The summed E-state index contributed by atoms with van der Waals surface area (Å²) in [5.41, 5.74) is 4.68. The van der Waals surface area contributed by atoms with Gasteiger partial charge in [-0.1, -0.05) is 0 Å². The van der Waals surface area contributed by atoms with Gasteiger partial charge in [0.25, 0.3) is 0 Å². The monoisotopic (exact) mass is 62.0 g/mol. The molecule has 0 fully saturated rings. The fraction of sp³-hybridized carbons (Fsp3) is 1.00. The summed E-state index contributed by atoms with van der Waals surface area (Å²) in [5, 5.41) is 0. The van der Waals surface area contributed by atoms with E-state index < -0.39 is 0 Å². The van der Waals surface area contributed by atoms with E-state index in [9.17, 15) is 0 Å². The van der Waals surface area contributed by atoms with Crippen LogP contribution in [0.4, 0.5) is 0 Å². The second-order valence-corrected chi connectivity index (χ2v) is 0.333. The van der Waals surface area contributed by atoms with Gasteiger partial charge in [0.15, 0.2) is 0 Å². The Bertz CT molecular complexity index is 8.00. The second kappa shape index (κ2) is 2.88. The minimum atomic E-state index is 0.0972. The zero-order valence-electron chi connectivity index (χ0n) is 2.27. The fourth-order valence-electron chi connectivity index (χ4n) is 0. The van der Waals surface area contributed by atoms with E-state index in [4.69, 9.17) is 0 Å². The highest BCUT2D eigenvalue weighted by atomic mass is 16.6. The van der Waals surface area contributed by atoms with Crippen LogP contribution in [-0.4, -0.2) is 6.73 Å². The lowest BCUT2D eigenvalue weighted by Crippen LogP contribution is -2.08. The van der Waals surface area contributed by atoms with Crippen LogP contribution in [0.1, 0.15) is 0 Å². The highest BCUT2D eigenvalue weighted by Gasteiger charge is 1.50. The molecule has 3 heteroatoms. The number of nitrogens with two attached hydrogens (primary N) is 2. The van der Waals surface area contributed by atoms with Crippen molar-refractivity contribution in [1.82, 2.24) is 0 Å². The van der Waals surface area contributed by atoms with Gasteiger partial charge in [0.05, 0.1) is 0 Å². The topological polar surface area (TPSA) is 61.3 Å². The lowest BCUT2D eigenvalue weighted by molar-refractivity contribution is 0.145. The molecule has 0 aliphatic carbocycles. The Kier molecular flexibility index (Phi) is 2.79. The van der Waals surface area contributed by atoms with Crippen molar-refractivity contribution in [2.24, 2.45) is 11.6 Å². The molecule has 0 bridgehead atoms. The Balaban J connectivity index is 1.97. The van der Waals surface area contributed by atoms with Crippen molar-refractivity contribution in [3.8, 4) is 0 Å². The lowest BCUT2D eigenvalue weighted by atomic mass is 11.4. The molecule has 0 saturated heterocycles. The number of hydrogen-bond acceptors (Lipinski definition) is 3. The van der Waals surface area contributed by atoms with Crippen molar-refractivity contribution in [2.75, 3.05) is 6.73 Å². The van der Waals surface area contributed by atoms with Gasteiger partial charge in [-0.3, -0.25) is 4.84 Å². The first-order chi connectivity index (χ1) is 1.91. The Morgan fingerprint density at radius 2 is 2.00 bits per heavy atom. The van der Waals surface area contributed by atoms with Crippen LogP contribution in [0, 0.1) is 0 Å². The first-order valence-electron chi connectivity index (χ1n) is 0.933. The third kappa shape index (κ3) is 1.88. The van der Waals surface area contributed by atoms with Gasteiger partial charge >= 0.3 is 0 Å². The first kappa shape index (κ1) is 3.88. The molecule has 0 heterocycles. The molecule has 3 nitrogen and oxygen atoms in total. The summed E-state index contributed by atoms with van der Waals surface area (Å²) in [6.45, 7) is 0.0972. The van der Waals surface area contributed by atoms with E-state index in [1.54, 1.807) is 0 Å². The van der Waals surface area contributed by atoms with Crippen molar-refractivity contribution in [3.05, 3.63) is 0 Å². The van der Waals surface area contributed by atoms with Crippen LogP contribution >= 0.6 is 0 Å². The Labute approximate surface area is 24.5 Å². The normalized spacial score (nSPS) is 7.50. The summed E-state index contributed by atoms with van der Waals surface area (Å²) in [6, 6.07) is 0. The predicted octanol–water partition coefficient (Wildman–Crippen LogP) is -1.21. The standard InChI is InChI=1S/CH6N2O/c2-1-4-3/h1-3H2. The molecule has 0 radical (unpaired) electrons. The highest BCUT2D eigenvalue weighted by Crippen LogP contribution is 1.30. The Morgan fingerprint density at radius 1 is 1.75 bits per heavy atom. The van der Waals surface area contributed by atoms with Crippen LogP contribution < -0.4 is 11.6 Å². The van der Waals surface area contributed by atoms with Crippen LogP contribution in [0.15, 0.2) is 0 Å². The molecular weight excluding hydrogens is 56.0 g/mol. The van der Waals surface area contributed by atoms with E-state index in [-0.39, 0.29) is 6.73 Å². The quantitative estimate of drug-likeness (QED) is 0.296. The van der Waals surface area contributed by atoms with Crippen LogP contribution in [0.25, 0.3) is 0 Å². The second-order valence-electron chi connectivity index (χ2n) is 0.333. The summed E-state index contributed by atoms with van der Waals surface area (Å²) in [4.78, 5) is 3.82. The van der Waals surface area contributed by atoms with E-state index in [0.29, 0.717) is 0 Å². The zero-order chi connectivity index (χ0) is 3.41. The Morgan fingerprint density at radius 3 is 2.00 bits per heavy atom. The van der Waals surface area contributed by atoms with Crippen molar-refractivity contribution in [3.63, 3.8) is 0 Å². The molecule has 0 aromatic heterocycles. The number of hydrogen-bond donors (Lipinski definition) is 2. The predicted molar refractivity (Wildman–Crippen MR) is 14.3 cm³/mol. The van der Waals surface area contributed by atoms with Crippen molar-refractivity contribution >= 4 is 0 Å². The molecule has 4 N–H and O–H groups in total. The van der Waals surface area contributed by atoms with E-state index in [0.717, 1.165) is 0 Å². The maximum atomic E-state index is 4.68. The molecule has 0 saturated carbocycles. The first-order valence-corrected chi connectivity index (χ1v) is 0.933. The molecule has 0 spiro atoms. The molecule has 0 aromatic carbocycles. The third-order valence-corrected chi connectivity index (χ3v) is 0.0962. The van der Waals surface area contributed by atoms with E-state index in [2.05, 4.69) is 16.5 Å². The summed E-state index contributed by atoms with van der Waals surface area (Å²) < 4.78 is 0. The maximum Gasteiger partial charge on any atom is 0.116 e. The van der Waals surface area contributed by atoms with Crippen molar-refractivity contribution < 1.29 is 4.84 Å². The van der Waals surface area contributed by atoms with E-state index >= 15 is 0 Å². The minimum absolute atomic E-state index is 0.0972. The average Bonchev–Trinajstić information content (AvgIpc) is 1.37. The SMILES string of the molecule is NCON. The van der Waals surface area contributed by atoms with Gasteiger partial charge < -0.3 is 5.73 Å². The Hall–Kier alpha value is -0.120. The van der Waals surface area contributed by atoms with Crippen LogP contribution in [-0.2, 0) is 4.84 Å². The maximum absolute atomic E-state index is 4.68. The molecular formula is CH6N2O. The van der Waals surface area contributed by atoms with Crippen molar-refractivity contribution in [1.29, 1.82) is 0 Å². The molecule has 0 atom stereocenters. The molecule has 0 aromatic rings. The van der Waals surface area contributed by atoms with Gasteiger partial charge in [0, 0.05) is 0 Å². The molecule has 0 unspecified atom stereocenters. The zero-order valence-corrected chi connectivity index (χ0v) is 2.27. The summed E-state index contributed by atoms with van der Waals surface area (Å²) in [6.07, 6.45) is 0. The van der Waals surface area contributed by atoms with Crippen LogP contribution in [0.2, 0.25) is 0 Å². The molecule has 4 heavy (non-hydrogen) atoms. The minimum Gasteiger partial charge on any atom is -0.307 e. The lowest BCUT2D eigenvalue weighted by Gasteiger charge is -1.77. The van der Waals surface area contributed by atoms with E-state index in [1.165, 1.54) is 0 Å². The number of rotatable bonds is 1. The smallest absolute Gasteiger partial charge is 0.116 e. The molecule has 0 rings (SSSR count). The molecule has 0 aliphatic rings. The largest absolute Gasteiger partial charge is 0.307 e. The van der Waals surface area contributed by atoms with Gasteiger partial charge in [-0.15, -0.1) is 0 Å². The summed E-state index contributed by atoms with van der Waals surface area (Å²) in [5.74, 6) is 4.40. The summed E-state index contributed by atoms with van der Waals surface area (Å²) >= 11 is 0. The van der Waals surface area contributed by atoms with Gasteiger partial charge in [-0.2, -0.15) is 0 Å². The van der Waals surface area contributed by atoms with Gasteiger partial charge in [0.2, 0.25) is 0 Å². The van der Waals surface area contributed by atoms with Crippen LogP contribution in [0.3, 0.4) is 0 Å². The van der Waals surface area contributed by atoms with E-state index in [1.807, 2.05) is 0 Å². The van der Waals surface area contributed by atoms with Crippen LogP contribution in [0.5, 0.6) is 0 Å². The highest BCUT2D eigenvalue weighted by molar-refractivity contribution is 3.85.